The van der Waals surface area contributed by atoms with Gasteiger partial charge in [0.05, 0.1) is 6.61 Å². The van der Waals surface area contributed by atoms with Gasteiger partial charge >= 0.3 is 0 Å². The van der Waals surface area contributed by atoms with Gasteiger partial charge in [0.2, 0.25) is 0 Å². The largest absolute Gasteiger partial charge is 0.493 e. The molecular formula is C13H18ClNOS. The van der Waals surface area contributed by atoms with Crippen molar-refractivity contribution in [2.24, 2.45) is 11.7 Å². The first-order chi connectivity index (χ1) is 8.20. The molecule has 0 aromatic heterocycles. The highest BCUT2D eigenvalue weighted by Gasteiger charge is 2.17. The first kappa shape index (κ1) is 13.1. The standard InChI is InChI=1S/C13H18ClNOS/c1-9(6-15)7-17-8-11-5-12(14)4-10-2-3-16-13(10)11/h4-5,9H,2-3,6-8,15H2,1H3. The Morgan fingerprint density at radius 3 is 3.12 bits per heavy atom. The van der Waals surface area contributed by atoms with Crippen molar-refractivity contribution in [3.8, 4) is 5.75 Å². The molecule has 1 heterocycles. The minimum atomic E-state index is 0.563. The van der Waals surface area contributed by atoms with Crippen molar-refractivity contribution in [1.29, 1.82) is 0 Å². The lowest BCUT2D eigenvalue weighted by Crippen LogP contribution is -2.12. The molecule has 1 aliphatic rings. The Hall–Kier alpha value is -0.380. The maximum absolute atomic E-state index is 6.11. The monoisotopic (exact) mass is 271 g/mol. The number of nitrogens with two attached hydrogens (primary N) is 1. The third-order valence-electron chi connectivity index (χ3n) is 2.89. The summed E-state index contributed by atoms with van der Waals surface area (Å²) in [6.07, 6.45) is 0.979. The molecule has 17 heavy (non-hydrogen) atoms. The van der Waals surface area contributed by atoms with Crippen LogP contribution in [0.3, 0.4) is 0 Å². The number of halogens is 1. The van der Waals surface area contributed by atoms with Crippen molar-refractivity contribution in [3.63, 3.8) is 0 Å². The molecule has 1 atom stereocenters. The van der Waals surface area contributed by atoms with Crippen LogP contribution in [-0.2, 0) is 12.2 Å². The fourth-order valence-electron chi connectivity index (χ4n) is 1.89. The van der Waals surface area contributed by atoms with Crippen LogP contribution in [0.2, 0.25) is 5.02 Å². The number of ether oxygens (including phenoxy) is 1. The van der Waals surface area contributed by atoms with E-state index >= 15 is 0 Å². The van der Waals surface area contributed by atoms with Crippen molar-refractivity contribution >= 4 is 23.4 Å². The van der Waals surface area contributed by atoms with E-state index in [0.717, 1.165) is 41.9 Å². The van der Waals surface area contributed by atoms with Gasteiger partial charge in [-0.15, -0.1) is 0 Å². The molecule has 0 saturated heterocycles. The van der Waals surface area contributed by atoms with E-state index in [-0.39, 0.29) is 0 Å². The number of thioether (sulfide) groups is 1. The van der Waals surface area contributed by atoms with E-state index < -0.39 is 0 Å². The number of rotatable bonds is 5. The van der Waals surface area contributed by atoms with E-state index in [9.17, 15) is 0 Å². The molecule has 1 aromatic rings. The molecule has 4 heteroatoms. The number of benzene rings is 1. The Labute approximate surface area is 112 Å². The fraction of sp³-hybridized carbons (Fsp3) is 0.538. The molecule has 0 fully saturated rings. The summed E-state index contributed by atoms with van der Waals surface area (Å²) in [5.41, 5.74) is 8.08. The van der Waals surface area contributed by atoms with Crippen molar-refractivity contribution in [3.05, 3.63) is 28.3 Å². The van der Waals surface area contributed by atoms with Crippen LogP contribution in [0.4, 0.5) is 0 Å². The third-order valence-corrected chi connectivity index (χ3v) is 4.43. The van der Waals surface area contributed by atoms with Gasteiger partial charge in [-0.2, -0.15) is 11.8 Å². The summed E-state index contributed by atoms with van der Waals surface area (Å²) < 4.78 is 5.67. The summed E-state index contributed by atoms with van der Waals surface area (Å²) in [4.78, 5) is 0. The second-order valence-corrected chi connectivity index (χ2v) is 5.97. The van der Waals surface area contributed by atoms with Crippen LogP contribution in [0.5, 0.6) is 5.75 Å². The fourth-order valence-corrected chi connectivity index (χ4v) is 3.25. The molecule has 0 saturated carbocycles. The van der Waals surface area contributed by atoms with Crippen LogP contribution < -0.4 is 10.5 Å². The van der Waals surface area contributed by atoms with Gasteiger partial charge in [-0.25, -0.2) is 0 Å². The van der Waals surface area contributed by atoms with E-state index in [4.69, 9.17) is 22.1 Å². The quantitative estimate of drug-likeness (QED) is 0.894. The van der Waals surface area contributed by atoms with E-state index in [0.29, 0.717) is 5.92 Å². The molecule has 0 aliphatic carbocycles. The Bertz CT molecular complexity index is 397. The van der Waals surface area contributed by atoms with Gasteiger partial charge in [0.15, 0.2) is 0 Å². The van der Waals surface area contributed by atoms with Gasteiger partial charge in [0.1, 0.15) is 5.75 Å². The maximum atomic E-state index is 6.11. The van der Waals surface area contributed by atoms with E-state index in [1.54, 1.807) is 0 Å². The first-order valence-electron chi connectivity index (χ1n) is 5.92. The third kappa shape index (κ3) is 3.30. The normalized spacial score (nSPS) is 15.5. The molecule has 0 spiro atoms. The summed E-state index contributed by atoms with van der Waals surface area (Å²) in [7, 11) is 0. The van der Waals surface area contributed by atoms with E-state index in [1.807, 2.05) is 23.9 Å². The lowest BCUT2D eigenvalue weighted by molar-refractivity contribution is 0.354. The predicted molar refractivity (Wildman–Crippen MR) is 75.0 cm³/mol. The summed E-state index contributed by atoms with van der Waals surface area (Å²) in [5.74, 6) is 3.65. The average molecular weight is 272 g/mol. The summed E-state index contributed by atoms with van der Waals surface area (Å²) >= 11 is 8.01. The molecule has 1 unspecified atom stereocenters. The minimum absolute atomic E-state index is 0.563. The van der Waals surface area contributed by atoms with Crippen LogP contribution in [-0.4, -0.2) is 18.9 Å². The average Bonchev–Trinajstić information content (AvgIpc) is 2.76. The van der Waals surface area contributed by atoms with Crippen molar-refractivity contribution in [2.75, 3.05) is 18.9 Å². The second-order valence-electron chi connectivity index (χ2n) is 4.51. The summed E-state index contributed by atoms with van der Waals surface area (Å²) in [6.45, 7) is 3.70. The Kier molecular flexibility index (Phi) is 4.60. The summed E-state index contributed by atoms with van der Waals surface area (Å²) in [5, 5.41) is 0.816. The SMILES string of the molecule is CC(CN)CSCc1cc(Cl)cc2c1OCC2. The van der Waals surface area contributed by atoms with Gasteiger partial charge in [-0.1, -0.05) is 18.5 Å². The van der Waals surface area contributed by atoms with Gasteiger partial charge in [0.25, 0.3) is 0 Å². The number of hydrogen-bond acceptors (Lipinski definition) is 3. The van der Waals surface area contributed by atoms with E-state index in [2.05, 4.69) is 6.92 Å². The lowest BCUT2D eigenvalue weighted by Gasteiger charge is -2.11. The highest BCUT2D eigenvalue weighted by atomic mass is 35.5. The smallest absolute Gasteiger partial charge is 0.126 e. The lowest BCUT2D eigenvalue weighted by atomic mass is 10.1. The second kappa shape index (κ2) is 5.98. The van der Waals surface area contributed by atoms with Crippen molar-refractivity contribution in [2.45, 2.75) is 19.1 Å². The van der Waals surface area contributed by atoms with Crippen LogP contribution in [0.15, 0.2) is 12.1 Å². The molecule has 0 bridgehead atoms. The zero-order valence-corrected chi connectivity index (χ0v) is 11.6. The summed E-state index contributed by atoms with van der Waals surface area (Å²) in [6, 6.07) is 4.03. The first-order valence-corrected chi connectivity index (χ1v) is 7.46. The molecule has 2 nitrogen and oxygen atoms in total. The molecule has 0 radical (unpaired) electrons. The number of fused-ring (bicyclic) bond motifs is 1. The minimum Gasteiger partial charge on any atom is -0.493 e. The zero-order valence-electron chi connectivity index (χ0n) is 10.0. The van der Waals surface area contributed by atoms with Gasteiger partial charge < -0.3 is 10.5 Å². The molecule has 1 aliphatic heterocycles. The molecule has 0 amide bonds. The zero-order chi connectivity index (χ0) is 12.3. The Morgan fingerprint density at radius 2 is 2.35 bits per heavy atom. The van der Waals surface area contributed by atoms with Crippen LogP contribution >= 0.6 is 23.4 Å². The van der Waals surface area contributed by atoms with Crippen LogP contribution in [0.1, 0.15) is 18.1 Å². The highest BCUT2D eigenvalue weighted by molar-refractivity contribution is 7.98. The van der Waals surface area contributed by atoms with Crippen molar-refractivity contribution < 1.29 is 4.74 Å². The number of hydrogen-bond donors (Lipinski definition) is 1. The predicted octanol–water partition coefficient (Wildman–Crippen LogP) is 3.10. The molecule has 2 rings (SSSR count). The van der Waals surface area contributed by atoms with Crippen molar-refractivity contribution in [1.82, 2.24) is 0 Å². The Balaban J connectivity index is 2.01. The highest BCUT2D eigenvalue weighted by Crippen LogP contribution is 2.35. The van der Waals surface area contributed by atoms with Gasteiger partial charge in [0, 0.05) is 22.8 Å². The van der Waals surface area contributed by atoms with Gasteiger partial charge in [-0.05, 0) is 35.9 Å². The topological polar surface area (TPSA) is 35.2 Å². The molecule has 2 N–H and O–H groups in total. The molecule has 1 aromatic carbocycles. The van der Waals surface area contributed by atoms with Gasteiger partial charge in [-0.3, -0.25) is 0 Å². The van der Waals surface area contributed by atoms with Crippen LogP contribution in [0, 0.1) is 5.92 Å². The van der Waals surface area contributed by atoms with E-state index in [1.165, 1.54) is 11.1 Å². The maximum Gasteiger partial charge on any atom is 0.126 e. The molecular weight excluding hydrogens is 254 g/mol. The molecule has 94 valence electrons. The Morgan fingerprint density at radius 1 is 1.53 bits per heavy atom. The van der Waals surface area contributed by atoms with Crippen LogP contribution in [0.25, 0.3) is 0 Å².